The van der Waals surface area contributed by atoms with E-state index >= 15 is 43.2 Å². The summed E-state index contributed by atoms with van der Waals surface area (Å²) in [6, 6.07) is 29.6. The number of para-hydroxylation sites is 1. The summed E-state index contributed by atoms with van der Waals surface area (Å²) in [7, 11) is 8.26. The lowest BCUT2D eigenvalue weighted by atomic mass is 9.84. The number of nitrogens with two attached hydrogens (primary N) is 1. The lowest BCUT2D eigenvalue weighted by Gasteiger charge is -2.37. The molecule has 8 rings (SSSR count). The normalized spacial score (nSPS) is 21.9. The molecular formula is C97H123N13O20S. The van der Waals surface area contributed by atoms with Crippen LogP contribution in [-0.2, 0) is 120 Å². The number of nitrogens with zero attached hydrogens (tertiary/aromatic N) is 5. The molecule has 131 heavy (non-hydrogen) atoms. The summed E-state index contributed by atoms with van der Waals surface area (Å²) >= 11 is 0.870. The van der Waals surface area contributed by atoms with E-state index in [0.29, 0.717) is 62.9 Å². The molecule has 7 aromatic rings. The highest BCUT2D eigenvalue weighted by atomic mass is 32.2. The van der Waals surface area contributed by atoms with Crippen LogP contribution < -0.4 is 42.4 Å². The zero-order valence-electron chi connectivity index (χ0n) is 76.1. The number of phenols is 2. The number of rotatable bonds is 26. The summed E-state index contributed by atoms with van der Waals surface area (Å²) in [6.07, 6.45) is -0.654. The number of hydrogen-bond acceptors (Lipinski definition) is 21. The van der Waals surface area contributed by atoms with Gasteiger partial charge >= 0.3 is 0 Å². The average Bonchev–Trinajstić information content (AvgIpc) is 1.79. The first kappa shape index (κ1) is 103. The molecule has 6 aromatic carbocycles. The Morgan fingerprint density at radius 3 is 1.57 bits per heavy atom. The van der Waals surface area contributed by atoms with Gasteiger partial charge in [-0.1, -0.05) is 163 Å². The number of unbranched alkanes of at least 4 members (excludes halogenated alkanes) is 1. The molecule has 0 spiro atoms. The van der Waals surface area contributed by atoms with Crippen molar-refractivity contribution < 1.29 is 96.4 Å². The Hall–Kier alpha value is -13.3. The third kappa shape index (κ3) is 31.3. The number of Topliss-reactive ketones (excluding diaryl/α,β-unsaturated/α-hetero) is 3. The topological polar surface area (TPSA) is 462 Å². The van der Waals surface area contributed by atoms with Gasteiger partial charge in [-0.25, -0.2) is 0 Å². The van der Waals surface area contributed by atoms with E-state index in [-0.39, 0.29) is 81.0 Å². The standard InChI is InChI=1S/C97H123N13O20S/c1-12-13-28-81-96(127)106(6)53-70(114)49-67(55-130-58-111)85(116)51-73(60(4)5)93(124)109(9)82(47-61-22-16-14-17-23-61)92(123)104-78(45-64-31-37-69(113)38-32-64)94(125)107(7)54-87(118)100-77(50-66-52-99-74-27-21-20-26-72(66)74)91(122)103-76(44-63-29-35-68(112)36-30-63)90(121)102-75(43-59(2)3)89(120)105-80(84(115)41-42-86(98)117)56-131-57-88(119)101-79(46-65-33-39-71(129-11)40-34-65)95(126)110(10)83(97(128)108(81)8)48-62-24-18-15-19-25-62/h14-27,29-40,52,58-60,67,73,75-83,99,112-113H,12-13,28,41-51,53-57H2,1-11H3,(H2,98,117)(H,100,118)(H,101,119)(H,102,121)(H,103,122)(H,104,123)(H,105,120)/t67-,73-,75-,76-,77-,78-,79-,80-,81-,82-,83-/m0/s1. The van der Waals surface area contributed by atoms with E-state index in [0.717, 1.165) is 26.5 Å². The maximum Gasteiger partial charge on any atom is 0.293 e. The average molecular weight is 1820 g/mol. The van der Waals surface area contributed by atoms with E-state index in [1.54, 1.807) is 143 Å². The number of nitrogens with one attached hydrogen (secondary N) is 7. The minimum atomic E-state index is -1.58. The summed E-state index contributed by atoms with van der Waals surface area (Å²) in [6.45, 7) is 6.85. The minimum absolute atomic E-state index is 0.0704. The number of benzene rings is 6. The highest BCUT2D eigenvalue weighted by Crippen LogP contribution is 2.28. The number of likely N-dealkylation sites (N-methyl/N-ethyl adjacent to an activating group) is 5. The van der Waals surface area contributed by atoms with E-state index in [1.807, 2.05) is 6.92 Å². The van der Waals surface area contributed by atoms with Gasteiger partial charge in [0.15, 0.2) is 11.6 Å². The van der Waals surface area contributed by atoms with Crippen LogP contribution in [0.3, 0.4) is 0 Å². The smallest absolute Gasteiger partial charge is 0.293 e. The lowest BCUT2D eigenvalue weighted by Crippen LogP contribution is -2.59. The highest BCUT2D eigenvalue weighted by Gasteiger charge is 2.42. The number of thioether (sulfide) groups is 1. The first-order valence-electron chi connectivity index (χ1n) is 43.9. The summed E-state index contributed by atoms with van der Waals surface area (Å²) in [5.74, 6) is -16.0. The summed E-state index contributed by atoms with van der Waals surface area (Å²) in [5, 5.41) is 38.2. The van der Waals surface area contributed by atoms with E-state index in [9.17, 15) is 43.8 Å². The minimum Gasteiger partial charge on any atom is -0.508 e. The molecular weight excluding hydrogens is 1700 g/mol. The molecule has 2 heterocycles. The Morgan fingerprint density at radius 2 is 1.01 bits per heavy atom. The van der Waals surface area contributed by atoms with Crippen LogP contribution in [0.2, 0.25) is 0 Å². The molecule has 1 fully saturated rings. The number of primary amides is 1. The number of ether oxygens (including phenoxy) is 2. The summed E-state index contributed by atoms with van der Waals surface area (Å²) in [4.78, 5) is 244. The van der Waals surface area contributed by atoms with Gasteiger partial charge in [-0.3, -0.25) is 76.7 Å². The molecule has 1 saturated heterocycles. The largest absolute Gasteiger partial charge is 0.508 e. The molecule has 0 unspecified atom stereocenters. The molecule has 702 valence electrons. The predicted molar refractivity (Wildman–Crippen MR) is 492 cm³/mol. The molecule has 1 aliphatic rings. The number of phenolic OH excluding ortho intramolecular Hbond substituents is 2. The van der Waals surface area contributed by atoms with Gasteiger partial charge in [0.1, 0.15) is 78.0 Å². The number of aromatic amines is 1. The van der Waals surface area contributed by atoms with Gasteiger partial charge in [-0.15, -0.1) is 11.8 Å². The second-order valence-electron chi connectivity index (χ2n) is 34.1. The molecule has 11 atom stereocenters. The van der Waals surface area contributed by atoms with Gasteiger partial charge < -0.3 is 86.8 Å². The molecule has 11 N–H and O–H groups in total. The first-order chi connectivity index (χ1) is 62.4. The van der Waals surface area contributed by atoms with Crippen molar-refractivity contribution in [1.82, 2.24) is 61.4 Å². The van der Waals surface area contributed by atoms with Gasteiger partial charge in [0.25, 0.3) is 6.47 Å². The third-order valence-electron chi connectivity index (χ3n) is 23.2. The fraction of sp³-hybridized carbons (Fsp3) is 0.443. The molecule has 33 nitrogen and oxygen atoms in total. The molecule has 0 radical (unpaired) electrons. The fourth-order valence-electron chi connectivity index (χ4n) is 15.7. The van der Waals surface area contributed by atoms with Gasteiger partial charge in [0, 0.05) is 128 Å². The Balaban J connectivity index is 1.22. The quantitative estimate of drug-likeness (QED) is 0.0301. The van der Waals surface area contributed by atoms with Crippen molar-refractivity contribution in [2.24, 2.45) is 29.4 Å². The maximum atomic E-state index is 15.6. The van der Waals surface area contributed by atoms with E-state index in [4.69, 9.17) is 15.2 Å². The van der Waals surface area contributed by atoms with Crippen molar-refractivity contribution in [2.75, 3.05) is 73.6 Å². The number of ketones is 3. The number of carbonyl (C=O) groups excluding carboxylic acids is 16. The van der Waals surface area contributed by atoms with Crippen molar-refractivity contribution in [1.29, 1.82) is 0 Å². The summed E-state index contributed by atoms with van der Waals surface area (Å²) < 4.78 is 10.6. The Bertz CT molecular complexity index is 5100. The van der Waals surface area contributed by atoms with Crippen LogP contribution in [0.1, 0.15) is 119 Å². The fourth-order valence-corrected chi connectivity index (χ4v) is 16.6. The van der Waals surface area contributed by atoms with E-state index in [2.05, 4.69) is 36.9 Å². The third-order valence-corrected chi connectivity index (χ3v) is 24.3. The molecule has 0 bridgehead atoms. The molecule has 0 saturated carbocycles. The molecule has 1 aromatic heterocycles. The number of amides is 12. The van der Waals surface area contributed by atoms with Crippen LogP contribution in [0.15, 0.2) is 164 Å². The Morgan fingerprint density at radius 1 is 0.511 bits per heavy atom. The van der Waals surface area contributed by atoms with Gasteiger partial charge in [-0.2, -0.15) is 0 Å². The number of H-pyrrole nitrogens is 1. The van der Waals surface area contributed by atoms with Crippen molar-refractivity contribution in [3.8, 4) is 17.2 Å². The van der Waals surface area contributed by atoms with Crippen LogP contribution in [-0.4, -0.2) is 262 Å². The van der Waals surface area contributed by atoms with Crippen LogP contribution in [0.4, 0.5) is 0 Å². The second-order valence-corrected chi connectivity index (χ2v) is 35.1. The number of aromatic nitrogens is 1. The van der Waals surface area contributed by atoms with Crippen molar-refractivity contribution >= 4 is 117 Å². The molecule has 1 aliphatic heterocycles. The van der Waals surface area contributed by atoms with Gasteiger partial charge in [0.2, 0.25) is 70.9 Å². The van der Waals surface area contributed by atoms with E-state index < -0.39 is 211 Å². The summed E-state index contributed by atoms with van der Waals surface area (Å²) in [5.41, 5.74) is 9.29. The van der Waals surface area contributed by atoms with E-state index in [1.165, 1.54) is 101 Å². The number of hydrogen-bond donors (Lipinski definition) is 10. The van der Waals surface area contributed by atoms with Crippen LogP contribution in [0.5, 0.6) is 17.2 Å². The number of carbonyl (C=O) groups is 16. The molecule has 34 heteroatoms. The zero-order chi connectivity index (χ0) is 95.7. The monoisotopic (exact) mass is 1820 g/mol. The Kier molecular flexibility index (Phi) is 39.8. The number of fused-ring (bicyclic) bond motifs is 1. The second kappa shape index (κ2) is 50.6. The van der Waals surface area contributed by atoms with Crippen molar-refractivity contribution in [2.45, 2.75) is 179 Å². The molecule has 12 amide bonds. The maximum absolute atomic E-state index is 15.6. The SMILES string of the molecule is CCCC[C@H]1C(=O)N(C)CC(=O)C[C@@H](COC=O)C(=O)C[C@@H](C(C)C)C(=O)N(C)[C@@H](Cc2ccccc2)C(=O)N[C@@H](Cc2ccc(O)cc2)C(=O)N(C)CC(=O)N[C@@H](Cc2c[nH]c3ccccc23)C(=O)N[C@@H](Cc2ccc(O)cc2)C(=O)N[C@@H](CC(C)C)C(=O)N[C@H](C(=O)CCC(N)=O)CSCC(=O)N[C@@H](Cc2ccc(OC)cc2)C(=O)N(C)[C@@H](Cc2ccccc2)C(=O)N1C. The van der Waals surface area contributed by atoms with Crippen molar-refractivity contribution in [3.05, 3.63) is 197 Å². The zero-order valence-corrected chi connectivity index (χ0v) is 76.9. The highest BCUT2D eigenvalue weighted by molar-refractivity contribution is 8.00. The van der Waals surface area contributed by atoms with Gasteiger partial charge in [-0.05, 0) is 101 Å². The number of methoxy groups -OCH3 is 1. The first-order valence-corrected chi connectivity index (χ1v) is 45.0. The van der Waals surface area contributed by atoms with Crippen molar-refractivity contribution in [3.63, 3.8) is 0 Å². The van der Waals surface area contributed by atoms with Crippen LogP contribution in [0, 0.1) is 23.7 Å². The van der Waals surface area contributed by atoms with Crippen LogP contribution in [0.25, 0.3) is 10.9 Å². The predicted octanol–water partition coefficient (Wildman–Crippen LogP) is 5.45. The van der Waals surface area contributed by atoms with Crippen LogP contribution >= 0.6 is 11.8 Å². The lowest BCUT2D eigenvalue weighted by molar-refractivity contribution is -0.151. The molecule has 0 aliphatic carbocycles. The van der Waals surface area contributed by atoms with Gasteiger partial charge in [0.05, 0.1) is 37.9 Å². The number of aromatic hydroxyl groups is 2. The Labute approximate surface area is 767 Å².